The molecule has 0 aromatic heterocycles. The van der Waals surface area contributed by atoms with Crippen LogP contribution < -0.4 is 9.62 Å². The van der Waals surface area contributed by atoms with E-state index < -0.39 is 21.5 Å². The van der Waals surface area contributed by atoms with Gasteiger partial charge in [-0.1, -0.05) is 29.8 Å². The number of carbonyl (C=O) groups excluding carboxylic acids is 1. The lowest BCUT2D eigenvalue weighted by atomic mass is 10.1. The van der Waals surface area contributed by atoms with Gasteiger partial charge in [0.1, 0.15) is 0 Å². The molecule has 140 valence electrons. The first-order chi connectivity index (χ1) is 12.1. The Hall–Kier alpha value is -2.05. The predicted octanol–water partition coefficient (Wildman–Crippen LogP) is 4.08. The van der Waals surface area contributed by atoms with E-state index in [-0.39, 0.29) is 22.0 Å². The van der Waals surface area contributed by atoms with E-state index in [1.807, 2.05) is 26.8 Å². The van der Waals surface area contributed by atoms with Crippen molar-refractivity contribution in [2.24, 2.45) is 0 Å². The molecule has 26 heavy (non-hydrogen) atoms. The van der Waals surface area contributed by atoms with E-state index >= 15 is 0 Å². The molecular weight excluding hydrogens is 372 g/mol. The normalized spacial score (nSPS) is 11.9. The fourth-order valence-corrected chi connectivity index (χ4v) is 4.16. The summed E-state index contributed by atoms with van der Waals surface area (Å²) < 4.78 is 27.5. The standard InChI is InChI=1S/C19H23ClN2O3S/c1-5-22(14-9-7-6-8-10-14)26(24,25)15-11-12-17(20)16(13-15)18(23)21-19(2,3)4/h6-13H,5H2,1-4H3,(H,21,23). The number of hydrogen-bond donors (Lipinski definition) is 1. The van der Waals surface area contributed by atoms with Crippen LogP contribution >= 0.6 is 11.6 Å². The second-order valence-electron chi connectivity index (χ2n) is 6.85. The number of nitrogens with one attached hydrogen (secondary N) is 1. The van der Waals surface area contributed by atoms with Crippen molar-refractivity contribution < 1.29 is 13.2 Å². The van der Waals surface area contributed by atoms with Crippen LogP contribution in [-0.4, -0.2) is 26.4 Å². The van der Waals surface area contributed by atoms with E-state index in [4.69, 9.17) is 11.6 Å². The summed E-state index contributed by atoms with van der Waals surface area (Å²) in [6.45, 7) is 7.54. The third kappa shape index (κ3) is 4.56. The second kappa shape index (κ2) is 7.68. The Morgan fingerprint density at radius 1 is 1.12 bits per heavy atom. The van der Waals surface area contributed by atoms with Crippen LogP contribution in [0.2, 0.25) is 5.02 Å². The molecule has 1 amide bonds. The van der Waals surface area contributed by atoms with Crippen molar-refractivity contribution in [3.63, 3.8) is 0 Å². The maximum Gasteiger partial charge on any atom is 0.264 e. The van der Waals surface area contributed by atoms with Gasteiger partial charge in [0.15, 0.2) is 0 Å². The Balaban J connectivity index is 2.47. The van der Waals surface area contributed by atoms with Crippen molar-refractivity contribution in [2.75, 3.05) is 10.8 Å². The summed E-state index contributed by atoms with van der Waals surface area (Å²) >= 11 is 6.13. The largest absolute Gasteiger partial charge is 0.347 e. The van der Waals surface area contributed by atoms with Crippen LogP contribution in [0.4, 0.5) is 5.69 Å². The number of nitrogens with zero attached hydrogens (tertiary/aromatic N) is 1. The van der Waals surface area contributed by atoms with Crippen molar-refractivity contribution in [3.05, 3.63) is 59.1 Å². The Kier molecular flexibility index (Phi) is 5.98. The van der Waals surface area contributed by atoms with Gasteiger partial charge in [0.2, 0.25) is 0 Å². The molecule has 0 unspecified atom stereocenters. The van der Waals surface area contributed by atoms with Crippen LogP contribution in [-0.2, 0) is 10.0 Å². The minimum Gasteiger partial charge on any atom is -0.347 e. The Morgan fingerprint density at radius 3 is 2.27 bits per heavy atom. The maximum absolute atomic E-state index is 13.1. The highest BCUT2D eigenvalue weighted by Crippen LogP contribution is 2.26. The highest BCUT2D eigenvalue weighted by molar-refractivity contribution is 7.92. The smallest absolute Gasteiger partial charge is 0.264 e. The van der Waals surface area contributed by atoms with Gasteiger partial charge in [0.25, 0.3) is 15.9 Å². The van der Waals surface area contributed by atoms with E-state index in [1.165, 1.54) is 22.5 Å². The molecule has 0 spiro atoms. The lowest BCUT2D eigenvalue weighted by molar-refractivity contribution is 0.0919. The highest BCUT2D eigenvalue weighted by atomic mass is 35.5. The first-order valence-corrected chi connectivity index (χ1v) is 10.1. The van der Waals surface area contributed by atoms with Crippen molar-refractivity contribution in [1.82, 2.24) is 5.32 Å². The summed E-state index contributed by atoms with van der Waals surface area (Å²) in [5.74, 6) is -0.415. The van der Waals surface area contributed by atoms with Gasteiger partial charge in [0.05, 0.1) is 21.2 Å². The van der Waals surface area contributed by atoms with Crippen LogP contribution in [0.15, 0.2) is 53.4 Å². The van der Waals surface area contributed by atoms with Crippen molar-refractivity contribution in [2.45, 2.75) is 38.1 Å². The SMILES string of the molecule is CCN(c1ccccc1)S(=O)(=O)c1ccc(Cl)c(C(=O)NC(C)(C)C)c1. The van der Waals surface area contributed by atoms with Crippen LogP contribution in [0.25, 0.3) is 0 Å². The number of hydrogen-bond acceptors (Lipinski definition) is 3. The van der Waals surface area contributed by atoms with Crippen molar-refractivity contribution >= 4 is 33.2 Å². The second-order valence-corrected chi connectivity index (χ2v) is 9.12. The van der Waals surface area contributed by atoms with Gasteiger partial charge in [-0.15, -0.1) is 0 Å². The zero-order valence-corrected chi connectivity index (χ0v) is 16.9. The predicted molar refractivity (Wildman–Crippen MR) is 105 cm³/mol. The minimum absolute atomic E-state index is 0.0201. The lowest BCUT2D eigenvalue weighted by Gasteiger charge is -2.24. The molecule has 5 nitrogen and oxygen atoms in total. The molecule has 2 rings (SSSR count). The topological polar surface area (TPSA) is 66.5 Å². The van der Waals surface area contributed by atoms with Gasteiger partial charge < -0.3 is 5.32 Å². The number of benzene rings is 2. The maximum atomic E-state index is 13.1. The van der Waals surface area contributed by atoms with Gasteiger partial charge in [-0.05, 0) is 58.0 Å². The van der Waals surface area contributed by atoms with Gasteiger partial charge in [-0.25, -0.2) is 8.42 Å². The third-order valence-electron chi connectivity index (χ3n) is 3.59. The molecule has 7 heteroatoms. The number of amides is 1. The van der Waals surface area contributed by atoms with E-state index in [1.54, 1.807) is 31.2 Å². The summed E-state index contributed by atoms with van der Waals surface area (Å²) in [7, 11) is -3.83. The molecule has 0 atom stereocenters. The van der Waals surface area contributed by atoms with E-state index in [9.17, 15) is 13.2 Å². The van der Waals surface area contributed by atoms with Gasteiger partial charge in [-0.3, -0.25) is 9.10 Å². The van der Waals surface area contributed by atoms with Crippen molar-refractivity contribution in [1.29, 1.82) is 0 Å². The molecule has 0 heterocycles. The molecule has 1 N–H and O–H groups in total. The molecule has 2 aromatic carbocycles. The molecule has 0 bridgehead atoms. The van der Waals surface area contributed by atoms with Crippen LogP contribution in [0, 0.1) is 0 Å². The summed E-state index contributed by atoms with van der Waals surface area (Å²) in [6.07, 6.45) is 0. The van der Waals surface area contributed by atoms with Crippen LogP contribution in [0.1, 0.15) is 38.1 Å². The number of rotatable bonds is 5. The number of sulfonamides is 1. The quantitative estimate of drug-likeness (QED) is 0.830. The molecule has 0 aliphatic rings. The first-order valence-electron chi connectivity index (χ1n) is 8.26. The Bertz CT molecular complexity index is 891. The Morgan fingerprint density at radius 2 is 1.73 bits per heavy atom. The summed E-state index contributed by atoms with van der Waals surface area (Å²) in [5, 5.41) is 3.00. The zero-order chi connectivity index (χ0) is 19.5. The number of anilines is 1. The summed E-state index contributed by atoms with van der Waals surface area (Å²) in [4.78, 5) is 12.5. The number of halogens is 1. The monoisotopic (exact) mass is 394 g/mol. The van der Waals surface area contributed by atoms with Crippen LogP contribution in [0.5, 0.6) is 0 Å². The molecule has 2 aromatic rings. The molecule has 0 saturated carbocycles. The molecule has 0 radical (unpaired) electrons. The molecule has 0 fully saturated rings. The number of carbonyl (C=O) groups is 1. The van der Waals surface area contributed by atoms with E-state index in [2.05, 4.69) is 5.32 Å². The van der Waals surface area contributed by atoms with Gasteiger partial charge in [-0.2, -0.15) is 0 Å². The summed E-state index contributed by atoms with van der Waals surface area (Å²) in [5.41, 5.74) is 0.229. The molecular formula is C19H23ClN2O3S. The fraction of sp³-hybridized carbons (Fsp3) is 0.316. The highest BCUT2D eigenvalue weighted by Gasteiger charge is 2.26. The van der Waals surface area contributed by atoms with Gasteiger partial charge >= 0.3 is 0 Å². The summed E-state index contributed by atoms with van der Waals surface area (Å²) in [6, 6.07) is 13.0. The fourth-order valence-electron chi connectivity index (χ4n) is 2.46. The van der Waals surface area contributed by atoms with E-state index in [0.29, 0.717) is 5.69 Å². The lowest BCUT2D eigenvalue weighted by Crippen LogP contribution is -2.40. The Labute approximate surface area is 160 Å². The molecule has 0 aliphatic heterocycles. The first kappa shape index (κ1) is 20.3. The average molecular weight is 395 g/mol. The zero-order valence-electron chi connectivity index (χ0n) is 15.3. The minimum atomic E-state index is -3.83. The third-order valence-corrected chi connectivity index (χ3v) is 5.82. The molecule has 0 aliphatic carbocycles. The van der Waals surface area contributed by atoms with Crippen molar-refractivity contribution in [3.8, 4) is 0 Å². The van der Waals surface area contributed by atoms with E-state index in [0.717, 1.165) is 0 Å². The number of para-hydroxylation sites is 1. The van der Waals surface area contributed by atoms with Gasteiger partial charge in [0, 0.05) is 12.1 Å². The molecule has 0 saturated heterocycles. The van der Waals surface area contributed by atoms with Crippen LogP contribution in [0.3, 0.4) is 0 Å². The average Bonchev–Trinajstić information content (AvgIpc) is 2.54.